The van der Waals surface area contributed by atoms with E-state index in [-0.39, 0.29) is 5.78 Å². The average Bonchev–Trinajstić information content (AvgIpc) is 2.73. The van der Waals surface area contributed by atoms with Crippen molar-refractivity contribution in [3.05, 3.63) is 32.7 Å². The third-order valence-electron chi connectivity index (χ3n) is 1.62. The summed E-state index contributed by atoms with van der Waals surface area (Å²) in [6, 6.07) is 1.78. The first-order valence-corrected chi connectivity index (χ1v) is 5.49. The van der Waals surface area contributed by atoms with Crippen LogP contribution >= 0.6 is 27.3 Å². The van der Waals surface area contributed by atoms with E-state index in [0.29, 0.717) is 10.6 Å². The van der Waals surface area contributed by atoms with Crippen LogP contribution < -0.4 is 0 Å². The lowest BCUT2D eigenvalue weighted by molar-refractivity contribution is 0.103. The number of aryl methyl sites for hydroxylation is 1. The first-order chi connectivity index (χ1) is 6.66. The van der Waals surface area contributed by atoms with Crippen LogP contribution in [0.4, 0.5) is 0 Å². The Morgan fingerprint density at radius 1 is 1.64 bits per heavy atom. The molecule has 4 nitrogen and oxygen atoms in total. The van der Waals surface area contributed by atoms with Gasteiger partial charge in [0.2, 0.25) is 5.78 Å². The molecule has 0 radical (unpaired) electrons. The van der Waals surface area contributed by atoms with Crippen LogP contribution in [0.15, 0.2) is 22.1 Å². The normalized spacial score (nSPS) is 10.4. The first kappa shape index (κ1) is 9.54. The van der Waals surface area contributed by atoms with Gasteiger partial charge in [0, 0.05) is 16.9 Å². The van der Waals surface area contributed by atoms with Gasteiger partial charge in [0.1, 0.15) is 0 Å². The number of carbonyl (C=O) groups is 1. The fourth-order valence-electron chi connectivity index (χ4n) is 1.01. The zero-order chi connectivity index (χ0) is 10.1. The Bertz CT molecular complexity index is 434. The van der Waals surface area contributed by atoms with Crippen LogP contribution in [0.1, 0.15) is 15.4 Å². The molecule has 0 atom stereocenters. The summed E-state index contributed by atoms with van der Waals surface area (Å²) in [5.41, 5.74) is 0.377. The molecule has 0 aliphatic heterocycles. The van der Waals surface area contributed by atoms with Gasteiger partial charge < -0.3 is 0 Å². The summed E-state index contributed by atoms with van der Waals surface area (Å²) in [4.78, 5) is 13.8. The van der Waals surface area contributed by atoms with Crippen molar-refractivity contribution in [1.82, 2.24) is 15.0 Å². The minimum absolute atomic E-state index is 0.0891. The second-order valence-corrected chi connectivity index (χ2v) is 4.50. The molecule has 6 heteroatoms. The molecule has 0 fully saturated rings. The van der Waals surface area contributed by atoms with Crippen LogP contribution in [0.2, 0.25) is 0 Å². The van der Waals surface area contributed by atoms with E-state index in [1.165, 1.54) is 22.3 Å². The van der Waals surface area contributed by atoms with Gasteiger partial charge >= 0.3 is 0 Å². The Morgan fingerprint density at radius 3 is 2.93 bits per heavy atom. The topological polar surface area (TPSA) is 47.8 Å². The maximum atomic E-state index is 11.7. The van der Waals surface area contributed by atoms with Crippen molar-refractivity contribution < 1.29 is 4.79 Å². The highest BCUT2D eigenvalue weighted by atomic mass is 79.9. The monoisotopic (exact) mass is 271 g/mol. The highest BCUT2D eigenvalue weighted by Crippen LogP contribution is 2.21. The van der Waals surface area contributed by atoms with E-state index < -0.39 is 0 Å². The fourth-order valence-corrected chi connectivity index (χ4v) is 2.38. The van der Waals surface area contributed by atoms with E-state index in [4.69, 9.17) is 0 Å². The van der Waals surface area contributed by atoms with Crippen molar-refractivity contribution >= 4 is 33.0 Å². The van der Waals surface area contributed by atoms with Crippen LogP contribution in [-0.2, 0) is 7.05 Å². The maximum absolute atomic E-state index is 11.7. The third-order valence-corrected chi connectivity index (χ3v) is 3.31. The number of halogens is 1. The van der Waals surface area contributed by atoms with E-state index in [1.807, 2.05) is 5.38 Å². The van der Waals surface area contributed by atoms with Gasteiger partial charge in [-0.2, -0.15) is 15.0 Å². The summed E-state index contributed by atoms with van der Waals surface area (Å²) in [5.74, 6) is -0.0891. The number of nitrogens with zero attached hydrogens (tertiary/aromatic N) is 3. The minimum Gasteiger partial charge on any atom is -0.286 e. The molecule has 0 aliphatic rings. The molecule has 0 bridgehead atoms. The highest BCUT2D eigenvalue weighted by Gasteiger charge is 2.14. The van der Waals surface area contributed by atoms with Gasteiger partial charge in [0.15, 0.2) is 5.69 Å². The lowest BCUT2D eigenvalue weighted by Crippen LogP contribution is -2.01. The predicted octanol–water partition coefficient (Wildman–Crippen LogP) is 1.87. The van der Waals surface area contributed by atoms with Crippen LogP contribution in [0.3, 0.4) is 0 Å². The molecule has 0 N–H and O–H groups in total. The molecular weight excluding hydrogens is 266 g/mol. The molecular formula is C8H6BrN3OS. The van der Waals surface area contributed by atoms with E-state index in [1.54, 1.807) is 13.1 Å². The number of carbonyl (C=O) groups excluding carboxylic acids is 1. The number of rotatable bonds is 2. The number of hydrogen-bond donors (Lipinski definition) is 0. The summed E-state index contributed by atoms with van der Waals surface area (Å²) in [6.45, 7) is 0. The summed E-state index contributed by atoms with van der Waals surface area (Å²) >= 11 is 4.68. The van der Waals surface area contributed by atoms with E-state index in [9.17, 15) is 4.79 Å². The molecule has 0 unspecified atom stereocenters. The average molecular weight is 272 g/mol. The van der Waals surface area contributed by atoms with Crippen LogP contribution in [0.25, 0.3) is 0 Å². The Kier molecular flexibility index (Phi) is 2.47. The molecule has 0 saturated carbocycles. The second kappa shape index (κ2) is 3.62. The largest absolute Gasteiger partial charge is 0.286 e. The zero-order valence-corrected chi connectivity index (χ0v) is 9.67. The standard InChI is InChI=1S/C8H6BrN3OS/c1-12-10-3-6(11-12)8(13)7-2-5(9)4-14-7/h2-4H,1H3. The molecule has 14 heavy (non-hydrogen) atoms. The molecule has 0 aliphatic carbocycles. The molecule has 0 spiro atoms. The Morgan fingerprint density at radius 2 is 2.43 bits per heavy atom. The highest BCUT2D eigenvalue weighted by molar-refractivity contribution is 9.10. The van der Waals surface area contributed by atoms with Gasteiger partial charge in [-0.3, -0.25) is 4.79 Å². The lowest BCUT2D eigenvalue weighted by Gasteiger charge is -1.89. The number of thiophene rings is 1. The van der Waals surface area contributed by atoms with Gasteiger partial charge in [-0.25, -0.2) is 0 Å². The van der Waals surface area contributed by atoms with Crippen molar-refractivity contribution in [2.45, 2.75) is 0 Å². The number of ketones is 1. The first-order valence-electron chi connectivity index (χ1n) is 3.82. The molecule has 2 rings (SSSR count). The van der Waals surface area contributed by atoms with Crippen molar-refractivity contribution in [2.24, 2.45) is 7.05 Å². The summed E-state index contributed by atoms with van der Waals surface area (Å²) in [5, 5.41) is 9.66. The van der Waals surface area contributed by atoms with E-state index in [0.717, 1.165) is 4.47 Å². The van der Waals surface area contributed by atoms with Crippen LogP contribution in [0.5, 0.6) is 0 Å². The van der Waals surface area contributed by atoms with Crippen LogP contribution in [0, 0.1) is 0 Å². The van der Waals surface area contributed by atoms with Crippen molar-refractivity contribution in [3.63, 3.8) is 0 Å². The van der Waals surface area contributed by atoms with Crippen molar-refractivity contribution in [1.29, 1.82) is 0 Å². The van der Waals surface area contributed by atoms with Gasteiger partial charge in [-0.15, -0.1) is 11.3 Å². The van der Waals surface area contributed by atoms with Crippen molar-refractivity contribution in [3.8, 4) is 0 Å². The zero-order valence-electron chi connectivity index (χ0n) is 7.27. The molecule has 2 aromatic heterocycles. The molecule has 0 amide bonds. The Hall–Kier alpha value is -1.01. The third kappa shape index (κ3) is 1.76. The van der Waals surface area contributed by atoms with Gasteiger partial charge in [0.25, 0.3) is 0 Å². The van der Waals surface area contributed by atoms with Gasteiger partial charge in [-0.1, -0.05) is 0 Å². The summed E-state index contributed by atoms with van der Waals surface area (Å²) in [6.07, 6.45) is 1.47. The molecule has 0 aromatic carbocycles. The fraction of sp³-hybridized carbons (Fsp3) is 0.125. The predicted molar refractivity (Wildman–Crippen MR) is 56.5 cm³/mol. The lowest BCUT2D eigenvalue weighted by atomic mass is 10.2. The van der Waals surface area contributed by atoms with E-state index >= 15 is 0 Å². The van der Waals surface area contributed by atoms with Gasteiger partial charge in [0.05, 0.1) is 11.1 Å². The molecule has 2 heterocycles. The second-order valence-electron chi connectivity index (χ2n) is 2.68. The minimum atomic E-state index is -0.0891. The summed E-state index contributed by atoms with van der Waals surface area (Å²) in [7, 11) is 1.68. The van der Waals surface area contributed by atoms with Crippen molar-refractivity contribution in [2.75, 3.05) is 0 Å². The number of hydrogen-bond acceptors (Lipinski definition) is 4. The molecule has 2 aromatic rings. The van der Waals surface area contributed by atoms with E-state index in [2.05, 4.69) is 26.1 Å². The van der Waals surface area contributed by atoms with Gasteiger partial charge in [-0.05, 0) is 22.0 Å². The quantitative estimate of drug-likeness (QED) is 0.784. The summed E-state index contributed by atoms with van der Waals surface area (Å²) < 4.78 is 0.912. The maximum Gasteiger partial charge on any atom is 0.224 e. The van der Waals surface area contributed by atoms with Crippen LogP contribution in [-0.4, -0.2) is 20.8 Å². The molecule has 0 saturated heterocycles. The Balaban J connectivity index is 2.33. The smallest absolute Gasteiger partial charge is 0.224 e. The SMILES string of the molecule is Cn1ncc(C(=O)c2cc(Br)cs2)n1. The Labute approximate surface area is 92.7 Å². The molecule has 72 valence electrons. The number of aromatic nitrogens is 3.